The second-order valence-electron chi connectivity index (χ2n) is 10.6. The minimum absolute atomic E-state index is 0.142. The molecule has 2 N–H and O–H groups in total. The van der Waals surface area contributed by atoms with Crippen LogP contribution in [0.5, 0.6) is 0 Å². The van der Waals surface area contributed by atoms with Crippen LogP contribution in [0.25, 0.3) is 28.1 Å². The van der Waals surface area contributed by atoms with Gasteiger partial charge in [-0.1, -0.05) is 12.1 Å². The number of nitrogens with one attached hydrogen (secondary N) is 1. The number of aryl methyl sites for hydroxylation is 1. The van der Waals surface area contributed by atoms with E-state index in [-0.39, 0.29) is 29.3 Å². The van der Waals surface area contributed by atoms with Gasteiger partial charge >= 0.3 is 5.69 Å². The molecular weight excluding hydrogens is 488 g/mol. The first-order valence-corrected chi connectivity index (χ1v) is 13.0. The van der Waals surface area contributed by atoms with Gasteiger partial charge in [0.15, 0.2) is 17.0 Å². The number of amides is 1. The molecule has 3 aromatic heterocycles. The number of fused-ring (bicyclic) bond motifs is 2. The monoisotopic (exact) mass is 520 g/mol. The Balaban J connectivity index is 1.45. The number of rotatable bonds is 4. The molecule has 2 fully saturated rings. The number of aromatic nitrogens is 6. The first kappa shape index (κ1) is 24.6. The molecule has 0 bridgehead atoms. The van der Waals surface area contributed by atoms with Crippen LogP contribution in [0.2, 0.25) is 0 Å². The zero-order valence-electron chi connectivity index (χ0n) is 21.8. The number of piperidine rings is 1. The number of para-hydroxylation sites is 2. The maximum absolute atomic E-state index is 13.6. The summed E-state index contributed by atoms with van der Waals surface area (Å²) >= 11 is 0. The van der Waals surface area contributed by atoms with E-state index < -0.39 is 5.60 Å². The summed E-state index contributed by atoms with van der Waals surface area (Å²) in [6.45, 7) is 7.05. The summed E-state index contributed by atoms with van der Waals surface area (Å²) in [6, 6.07) is 7.38. The Morgan fingerprint density at radius 3 is 2.50 bits per heavy atom. The number of hydrogen-bond donors (Lipinski definition) is 2. The third kappa shape index (κ3) is 4.13. The third-order valence-corrected chi connectivity index (χ3v) is 7.76. The number of morpholine rings is 1. The Hall–Kier alpha value is -3.77. The van der Waals surface area contributed by atoms with Crippen LogP contribution in [0.4, 0.5) is 5.82 Å². The molecule has 2 aliphatic rings. The van der Waals surface area contributed by atoms with Crippen molar-refractivity contribution in [3.63, 3.8) is 0 Å². The molecule has 12 heteroatoms. The van der Waals surface area contributed by atoms with Crippen molar-refractivity contribution >= 4 is 33.9 Å². The van der Waals surface area contributed by atoms with E-state index >= 15 is 0 Å². The van der Waals surface area contributed by atoms with Gasteiger partial charge in [0, 0.05) is 33.2 Å². The number of benzene rings is 1. The molecule has 12 nitrogen and oxygen atoms in total. The van der Waals surface area contributed by atoms with Gasteiger partial charge in [-0.05, 0) is 44.7 Å². The molecule has 2 saturated heterocycles. The molecule has 4 aromatic rings. The minimum atomic E-state index is -0.771. The molecule has 200 valence electrons. The normalized spacial score (nSPS) is 17.6. The van der Waals surface area contributed by atoms with Crippen LogP contribution in [-0.4, -0.2) is 90.0 Å². The topological polar surface area (TPSA) is 134 Å². The fraction of sp³-hybridized carbons (Fsp3) is 0.500. The summed E-state index contributed by atoms with van der Waals surface area (Å²) < 4.78 is 8.68. The Morgan fingerprint density at radius 2 is 1.79 bits per heavy atom. The van der Waals surface area contributed by atoms with Crippen molar-refractivity contribution in [2.45, 2.75) is 32.3 Å². The highest BCUT2D eigenvalue weighted by molar-refractivity contribution is 5.96. The molecule has 0 atom stereocenters. The van der Waals surface area contributed by atoms with Crippen molar-refractivity contribution in [2.75, 3.05) is 44.3 Å². The highest BCUT2D eigenvalue weighted by atomic mass is 16.5. The van der Waals surface area contributed by atoms with E-state index in [1.165, 1.54) is 4.57 Å². The van der Waals surface area contributed by atoms with E-state index in [4.69, 9.17) is 19.7 Å². The van der Waals surface area contributed by atoms with Gasteiger partial charge in [-0.3, -0.25) is 4.79 Å². The molecule has 0 aliphatic carbocycles. The first-order chi connectivity index (χ1) is 18.2. The predicted molar refractivity (Wildman–Crippen MR) is 142 cm³/mol. The van der Waals surface area contributed by atoms with Gasteiger partial charge in [-0.15, -0.1) is 0 Å². The van der Waals surface area contributed by atoms with Crippen LogP contribution < -0.4 is 10.6 Å². The second-order valence-corrected chi connectivity index (χ2v) is 10.6. The lowest BCUT2D eigenvalue weighted by atomic mass is 9.83. The van der Waals surface area contributed by atoms with Gasteiger partial charge < -0.3 is 29.2 Å². The Labute approximate surface area is 218 Å². The zero-order chi connectivity index (χ0) is 26.6. The van der Waals surface area contributed by atoms with Gasteiger partial charge in [0.2, 0.25) is 11.8 Å². The Morgan fingerprint density at radius 1 is 1.08 bits per heavy atom. The lowest BCUT2D eigenvalue weighted by molar-refractivity contribution is -0.0110. The summed E-state index contributed by atoms with van der Waals surface area (Å²) in [4.78, 5) is 47.6. The molecule has 1 aromatic carbocycles. The number of carbonyl (C=O) groups excluding carboxylic acids is 1. The van der Waals surface area contributed by atoms with Crippen molar-refractivity contribution in [1.82, 2.24) is 34.0 Å². The molecular formula is C26H32N8O4. The first-order valence-electron chi connectivity index (χ1n) is 13.0. The average Bonchev–Trinajstić information content (AvgIpc) is 3.43. The van der Waals surface area contributed by atoms with Crippen molar-refractivity contribution in [3.05, 3.63) is 40.6 Å². The van der Waals surface area contributed by atoms with Gasteiger partial charge in [-0.2, -0.15) is 9.97 Å². The second kappa shape index (κ2) is 9.21. The zero-order valence-corrected chi connectivity index (χ0v) is 21.8. The number of hydrogen-bond acceptors (Lipinski definition) is 8. The van der Waals surface area contributed by atoms with Crippen molar-refractivity contribution in [1.29, 1.82) is 0 Å². The highest BCUT2D eigenvalue weighted by Gasteiger charge is 2.34. The van der Waals surface area contributed by atoms with Crippen LogP contribution in [-0.2, 0) is 11.8 Å². The SMILES string of the molecule is Cn1c(C(=O)N2CCC(C(C)(C)O)CC2)nc2c(N3CCOCC3)nc(-n3c(=O)[nH]c4ccccc43)nc21. The van der Waals surface area contributed by atoms with Crippen molar-refractivity contribution < 1.29 is 14.6 Å². The summed E-state index contributed by atoms with van der Waals surface area (Å²) in [5.74, 6) is 1.02. The minimum Gasteiger partial charge on any atom is -0.390 e. The van der Waals surface area contributed by atoms with Crippen LogP contribution in [0, 0.1) is 5.92 Å². The molecule has 2 aliphatic heterocycles. The van der Waals surface area contributed by atoms with Crippen LogP contribution in [0.3, 0.4) is 0 Å². The number of aliphatic hydroxyl groups is 1. The fourth-order valence-electron chi connectivity index (χ4n) is 5.51. The number of anilines is 1. The predicted octanol–water partition coefficient (Wildman–Crippen LogP) is 1.46. The standard InChI is InChI=1S/C26H32N8O4/c1-26(2,37)16-8-10-33(11-9-16)23(35)22-28-19-20(31(22)3)29-24(30-21(19)32-12-14-38-15-13-32)34-18-7-5-4-6-17(18)27-25(34)36/h4-7,16,37H,8-15H2,1-3H3,(H,27,36). The van der Waals surface area contributed by atoms with Crippen molar-refractivity contribution in [2.24, 2.45) is 13.0 Å². The Bertz CT molecular complexity index is 1570. The average molecular weight is 521 g/mol. The van der Waals surface area contributed by atoms with Gasteiger partial charge in [0.25, 0.3) is 5.91 Å². The number of nitrogens with zero attached hydrogens (tertiary/aromatic N) is 7. The molecule has 1 amide bonds. The molecule has 0 saturated carbocycles. The van der Waals surface area contributed by atoms with Gasteiger partial charge in [0.1, 0.15) is 0 Å². The maximum Gasteiger partial charge on any atom is 0.333 e. The Kier molecular flexibility index (Phi) is 5.95. The molecule has 38 heavy (non-hydrogen) atoms. The third-order valence-electron chi connectivity index (χ3n) is 7.76. The van der Waals surface area contributed by atoms with E-state index in [0.717, 1.165) is 12.8 Å². The van der Waals surface area contributed by atoms with E-state index in [0.29, 0.717) is 67.4 Å². The maximum atomic E-state index is 13.6. The van der Waals surface area contributed by atoms with E-state index in [1.54, 1.807) is 16.5 Å². The number of aromatic amines is 1. The lowest BCUT2D eigenvalue weighted by Crippen LogP contribution is -2.44. The fourth-order valence-corrected chi connectivity index (χ4v) is 5.51. The van der Waals surface area contributed by atoms with Crippen LogP contribution >= 0.6 is 0 Å². The van der Waals surface area contributed by atoms with Crippen LogP contribution in [0.15, 0.2) is 29.1 Å². The number of likely N-dealkylation sites (tertiary alicyclic amines) is 1. The highest BCUT2D eigenvalue weighted by Crippen LogP contribution is 2.30. The summed E-state index contributed by atoms with van der Waals surface area (Å²) in [7, 11) is 1.77. The molecule has 0 radical (unpaired) electrons. The molecule has 0 spiro atoms. The van der Waals surface area contributed by atoms with Crippen LogP contribution in [0.1, 0.15) is 37.3 Å². The van der Waals surface area contributed by atoms with Crippen molar-refractivity contribution in [3.8, 4) is 5.95 Å². The van der Waals surface area contributed by atoms with E-state index in [1.807, 2.05) is 38.1 Å². The number of carbonyl (C=O) groups is 1. The largest absolute Gasteiger partial charge is 0.390 e. The molecule has 0 unspecified atom stereocenters. The van der Waals surface area contributed by atoms with E-state index in [2.05, 4.69) is 9.88 Å². The summed E-state index contributed by atoms with van der Waals surface area (Å²) in [6.07, 6.45) is 1.46. The summed E-state index contributed by atoms with van der Waals surface area (Å²) in [5, 5.41) is 10.4. The molecule has 6 rings (SSSR count). The summed E-state index contributed by atoms with van der Waals surface area (Å²) in [5.41, 5.74) is 1.23. The number of imidazole rings is 2. The number of ether oxygens (including phenoxy) is 1. The smallest absolute Gasteiger partial charge is 0.333 e. The van der Waals surface area contributed by atoms with Gasteiger partial charge in [0.05, 0.1) is 29.8 Å². The van der Waals surface area contributed by atoms with E-state index in [9.17, 15) is 14.7 Å². The lowest BCUT2D eigenvalue weighted by Gasteiger charge is -2.37. The quantitative estimate of drug-likeness (QED) is 0.413. The van der Waals surface area contributed by atoms with Gasteiger partial charge in [-0.25, -0.2) is 14.3 Å². The number of H-pyrrole nitrogens is 1. The molecule has 5 heterocycles.